The van der Waals surface area contributed by atoms with Gasteiger partial charge in [-0.15, -0.1) is 0 Å². The van der Waals surface area contributed by atoms with Crippen molar-refractivity contribution in [2.24, 2.45) is 0 Å². The molecule has 1 atom stereocenters. The number of carbonyl (C=O) groups excluding carboxylic acids is 2. The zero-order chi connectivity index (χ0) is 21.8. The summed E-state index contributed by atoms with van der Waals surface area (Å²) < 4.78 is 6.04. The Bertz CT molecular complexity index is 1040. The van der Waals surface area contributed by atoms with Crippen molar-refractivity contribution in [1.29, 1.82) is 0 Å². The van der Waals surface area contributed by atoms with E-state index >= 15 is 0 Å². The fourth-order valence-corrected chi connectivity index (χ4v) is 6.06. The molecule has 1 unspecified atom stereocenters. The summed E-state index contributed by atoms with van der Waals surface area (Å²) >= 11 is 6.06. The van der Waals surface area contributed by atoms with E-state index in [4.69, 9.17) is 16.3 Å². The summed E-state index contributed by atoms with van der Waals surface area (Å²) in [6.07, 6.45) is 5.18. The molecule has 3 fully saturated rings. The highest BCUT2D eigenvalue weighted by molar-refractivity contribution is 6.30. The smallest absolute Gasteiger partial charge is 0.235 e. The summed E-state index contributed by atoms with van der Waals surface area (Å²) in [5.41, 5.74) is 4.06. The van der Waals surface area contributed by atoms with Crippen LogP contribution in [-0.2, 0) is 14.3 Å². The summed E-state index contributed by atoms with van der Waals surface area (Å²) in [6.45, 7) is 4.81. The van der Waals surface area contributed by atoms with Crippen LogP contribution in [0.4, 0.5) is 0 Å². The van der Waals surface area contributed by atoms with Crippen molar-refractivity contribution in [3.8, 4) is 11.1 Å². The minimum Gasteiger partial charge on any atom is -0.375 e. The van der Waals surface area contributed by atoms with Crippen molar-refractivity contribution >= 4 is 23.3 Å². The van der Waals surface area contributed by atoms with Gasteiger partial charge in [0.2, 0.25) is 5.91 Å². The monoisotopic (exact) mass is 437 g/mol. The number of amides is 1. The molecule has 2 saturated heterocycles. The van der Waals surface area contributed by atoms with E-state index in [2.05, 4.69) is 11.4 Å². The molecule has 0 radical (unpaired) electrons. The van der Waals surface area contributed by atoms with Gasteiger partial charge in [-0.25, -0.2) is 0 Å². The summed E-state index contributed by atoms with van der Waals surface area (Å²) in [6, 6.07) is 11.8. The lowest BCUT2D eigenvalue weighted by molar-refractivity contribution is -0.127. The average molecular weight is 438 g/mol. The molecule has 1 saturated carbocycles. The van der Waals surface area contributed by atoms with Crippen molar-refractivity contribution in [2.45, 2.75) is 69.4 Å². The normalized spacial score (nSPS) is 30.4. The zero-order valence-corrected chi connectivity index (χ0v) is 18.8. The highest BCUT2D eigenvalue weighted by Gasteiger charge is 2.57. The van der Waals surface area contributed by atoms with Crippen LogP contribution in [0.2, 0.25) is 5.02 Å². The summed E-state index contributed by atoms with van der Waals surface area (Å²) in [5, 5.41) is 3.82. The molecule has 31 heavy (non-hydrogen) atoms. The number of Topliss-reactive ketones (excluding diaryl/α,β-unsaturated/α-hetero) is 1. The Labute approximate surface area is 188 Å². The summed E-state index contributed by atoms with van der Waals surface area (Å²) in [5.74, 6) is -0.872. The van der Waals surface area contributed by atoms with Crippen molar-refractivity contribution < 1.29 is 14.3 Å². The van der Waals surface area contributed by atoms with Crippen LogP contribution in [0.1, 0.15) is 61.1 Å². The molecule has 0 bridgehead atoms. The van der Waals surface area contributed by atoms with Gasteiger partial charge >= 0.3 is 0 Å². The van der Waals surface area contributed by atoms with Gasteiger partial charge in [0.25, 0.3) is 0 Å². The molecule has 2 spiro atoms. The quantitative estimate of drug-likeness (QED) is 0.651. The maximum absolute atomic E-state index is 13.8. The molecule has 1 aliphatic carbocycles. The van der Waals surface area contributed by atoms with Crippen molar-refractivity contribution in [2.75, 3.05) is 6.61 Å². The second-order valence-electron chi connectivity index (χ2n) is 9.48. The Balaban J connectivity index is 1.49. The van der Waals surface area contributed by atoms with E-state index in [1.165, 1.54) is 0 Å². The largest absolute Gasteiger partial charge is 0.375 e. The topological polar surface area (TPSA) is 55.4 Å². The second kappa shape index (κ2) is 7.46. The fourth-order valence-electron chi connectivity index (χ4n) is 5.93. The number of hydrogen-bond acceptors (Lipinski definition) is 3. The van der Waals surface area contributed by atoms with E-state index in [-0.39, 0.29) is 17.3 Å². The van der Waals surface area contributed by atoms with Crippen LogP contribution >= 0.6 is 11.6 Å². The number of benzene rings is 2. The Hall–Kier alpha value is -2.17. The summed E-state index contributed by atoms with van der Waals surface area (Å²) in [4.78, 5) is 26.9. The van der Waals surface area contributed by atoms with E-state index in [0.717, 1.165) is 60.1 Å². The van der Waals surface area contributed by atoms with Crippen LogP contribution in [0, 0.1) is 13.8 Å². The van der Waals surface area contributed by atoms with Gasteiger partial charge in [-0.2, -0.15) is 0 Å². The number of halogens is 1. The van der Waals surface area contributed by atoms with Crippen LogP contribution in [0.5, 0.6) is 0 Å². The van der Waals surface area contributed by atoms with Gasteiger partial charge in [-0.05, 0) is 92.3 Å². The Kier molecular flexibility index (Phi) is 4.98. The number of aryl methyl sites for hydroxylation is 1. The lowest BCUT2D eigenvalue weighted by Gasteiger charge is -2.41. The first kappa shape index (κ1) is 20.7. The predicted octanol–water partition coefficient (Wildman–Crippen LogP) is 5.27. The third kappa shape index (κ3) is 3.32. The van der Waals surface area contributed by atoms with E-state index in [9.17, 15) is 9.59 Å². The Morgan fingerprint density at radius 1 is 0.968 bits per heavy atom. The maximum atomic E-state index is 13.8. The number of hydrogen-bond donors (Lipinski definition) is 1. The molecule has 5 heteroatoms. The van der Waals surface area contributed by atoms with Gasteiger partial charge < -0.3 is 10.1 Å². The third-order valence-corrected chi connectivity index (χ3v) is 7.99. The first-order valence-electron chi connectivity index (χ1n) is 11.2. The van der Waals surface area contributed by atoms with Gasteiger partial charge in [0, 0.05) is 11.6 Å². The highest BCUT2D eigenvalue weighted by atomic mass is 35.5. The van der Waals surface area contributed by atoms with Crippen LogP contribution in [0.15, 0.2) is 36.4 Å². The minimum absolute atomic E-state index is 0.0322. The van der Waals surface area contributed by atoms with Crippen LogP contribution in [0.25, 0.3) is 11.1 Å². The average Bonchev–Trinajstić information content (AvgIpc) is 3.30. The maximum Gasteiger partial charge on any atom is 0.235 e. The highest BCUT2D eigenvalue weighted by Crippen LogP contribution is 2.48. The molecule has 162 valence electrons. The molecule has 1 amide bonds. The number of ether oxygens (including phenoxy) is 1. The standard InChI is InChI=1S/C26H28ClNO3/c1-16-4-9-20(18-5-7-19(27)8-6-18)17(2)21(16)22-23(29)26(28-24(22)30)13-11-25(12-14-26)10-3-15-31-25/h4-9,22H,3,10-15H2,1-2H3,(H,28,30). The van der Waals surface area contributed by atoms with Crippen LogP contribution < -0.4 is 5.32 Å². The van der Waals surface area contributed by atoms with E-state index in [0.29, 0.717) is 17.9 Å². The van der Waals surface area contributed by atoms with E-state index < -0.39 is 11.5 Å². The molecular weight excluding hydrogens is 410 g/mol. The Morgan fingerprint density at radius 3 is 2.32 bits per heavy atom. The molecule has 0 aromatic heterocycles. The van der Waals surface area contributed by atoms with Crippen LogP contribution in [0.3, 0.4) is 0 Å². The molecule has 2 aromatic rings. The van der Waals surface area contributed by atoms with Crippen LogP contribution in [-0.4, -0.2) is 29.4 Å². The zero-order valence-electron chi connectivity index (χ0n) is 18.1. The molecule has 1 N–H and O–H groups in total. The van der Waals surface area contributed by atoms with Gasteiger partial charge in [-0.1, -0.05) is 35.9 Å². The first-order valence-corrected chi connectivity index (χ1v) is 11.6. The van der Waals surface area contributed by atoms with Gasteiger partial charge in [0.05, 0.1) is 11.1 Å². The first-order chi connectivity index (χ1) is 14.8. The molecule has 2 aliphatic heterocycles. The summed E-state index contributed by atoms with van der Waals surface area (Å²) in [7, 11) is 0. The van der Waals surface area contributed by atoms with Crippen molar-refractivity contribution in [3.05, 3.63) is 58.1 Å². The van der Waals surface area contributed by atoms with E-state index in [1.54, 1.807) is 0 Å². The Morgan fingerprint density at radius 2 is 1.68 bits per heavy atom. The molecule has 2 aromatic carbocycles. The van der Waals surface area contributed by atoms with Crippen molar-refractivity contribution in [3.63, 3.8) is 0 Å². The molecule has 3 aliphatic rings. The van der Waals surface area contributed by atoms with Gasteiger partial charge in [0.1, 0.15) is 5.92 Å². The molecular formula is C26H28ClNO3. The third-order valence-electron chi connectivity index (χ3n) is 7.74. The molecule has 4 nitrogen and oxygen atoms in total. The SMILES string of the molecule is Cc1ccc(-c2ccc(Cl)cc2)c(C)c1C1C(=O)NC2(CCC3(CCCO3)CC2)C1=O. The number of ketones is 1. The van der Waals surface area contributed by atoms with Gasteiger partial charge in [0.15, 0.2) is 5.78 Å². The second-order valence-corrected chi connectivity index (χ2v) is 9.92. The lowest BCUT2D eigenvalue weighted by atomic mass is 9.70. The molecule has 5 rings (SSSR count). The molecule has 2 heterocycles. The number of carbonyl (C=O) groups is 2. The number of nitrogens with one attached hydrogen (secondary N) is 1. The predicted molar refractivity (Wildman–Crippen MR) is 121 cm³/mol. The van der Waals surface area contributed by atoms with E-state index in [1.807, 2.05) is 44.2 Å². The lowest BCUT2D eigenvalue weighted by Crippen LogP contribution is -2.52. The fraction of sp³-hybridized carbons (Fsp3) is 0.462. The number of rotatable bonds is 2. The van der Waals surface area contributed by atoms with Crippen molar-refractivity contribution in [1.82, 2.24) is 5.32 Å². The van der Waals surface area contributed by atoms with Gasteiger partial charge in [-0.3, -0.25) is 9.59 Å². The minimum atomic E-state index is -0.745.